The van der Waals surface area contributed by atoms with Gasteiger partial charge in [0, 0.05) is 7.11 Å². The number of aliphatic hydroxyl groups excluding tert-OH is 1. The zero-order valence-electron chi connectivity index (χ0n) is 25.8. The third-order valence-corrected chi connectivity index (χ3v) is 6.44. The van der Waals surface area contributed by atoms with E-state index in [0.29, 0.717) is 19.6 Å². The number of rotatable bonds is 7. The predicted octanol–water partition coefficient (Wildman–Crippen LogP) is 5.47. The van der Waals surface area contributed by atoms with E-state index >= 15 is 0 Å². The fourth-order valence-electron chi connectivity index (χ4n) is 4.62. The molecule has 0 aliphatic rings. The first-order chi connectivity index (χ1) is 22.6. The number of imidazole rings is 3. The summed E-state index contributed by atoms with van der Waals surface area (Å²) in [6.45, 7) is 1.97. The molecule has 0 amide bonds. The number of carboxylic acids is 1. The van der Waals surface area contributed by atoms with Crippen LogP contribution in [0.3, 0.4) is 0 Å². The van der Waals surface area contributed by atoms with Gasteiger partial charge in [-0.05, 0) is 42.0 Å². The van der Waals surface area contributed by atoms with Gasteiger partial charge in [0.15, 0.2) is 0 Å². The molecule has 0 atom stereocenters. The van der Waals surface area contributed by atoms with Crippen LogP contribution in [0, 0.1) is 0 Å². The van der Waals surface area contributed by atoms with Gasteiger partial charge in [-0.25, -0.2) is 15.0 Å². The van der Waals surface area contributed by atoms with Gasteiger partial charge in [0.1, 0.15) is 17.5 Å². The number of nitrogens with one attached hydrogen (secondary N) is 3. The Morgan fingerprint density at radius 3 is 1.19 bits per heavy atom. The SMILES string of the molecule is CO.F[B-](F)(F)F.O=C([O-])c1ccccc1.[Zn+2].c1ccc2[nH]c(CN(Cc3nc4ccccc4[nH]3)Cc3nc4ccccc4[nH]3)nc2c1. The topological polar surface area (TPSA) is 150 Å². The molecule has 0 radical (unpaired) electrons. The van der Waals surface area contributed by atoms with Gasteiger partial charge in [0.2, 0.25) is 0 Å². The fourth-order valence-corrected chi connectivity index (χ4v) is 4.62. The zero-order chi connectivity index (χ0) is 33.8. The van der Waals surface area contributed by atoms with Crippen molar-refractivity contribution in [1.82, 2.24) is 34.8 Å². The summed E-state index contributed by atoms with van der Waals surface area (Å²) >= 11 is 0. The summed E-state index contributed by atoms with van der Waals surface area (Å²) in [5.74, 6) is 1.64. The molecule has 3 aromatic heterocycles. The van der Waals surface area contributed by atoms with Crippen molar-refractivity contribution in [1.29, 1.82) is 0 Å². The summed E-state index contributed by atoms with van der Waals surface area (Å²) in [6, 6.07) is 32.4. The number of hydrogen-bond acceptors (Lipinski definition) is 7. The minimum Gasteiger partial charge on any atom is -0.545 e. The van der Waals surface area contributed by atoms with Gasteiger partial charge in [-0.3, -0.25) is 4.90 Å². The van der Waals surface area contributed by atoms with Crippen molar-refractivity contribution in [3.63, 3.8) is 0 Å². The number of aromatic amines is 3. The smallest absolute Gasteiger partial charge is 0.545 e. The molecule has 244 valence electrons. The first-order valence-corrected chi connectivity index (χ1v) is 14.2. The van der Waals surface area contributed by atoms with Crippen molar-refractivity contribution in [2.75, 3.05) is 7.11 Å². The number of para-hydroxylation sites is 6. The van der Waals surface area contributed by atoms with Crippen LogP contribution < -0.4 is 5.11 Å². The molecule has 0 aliphatic carbocycles. The summed E-state index contributed by atoms with van der Waals surface area (Å²) in [4.78, 5) is 37.0. The minimum absolute atomic E-state index is 0. The molecule has 16 heteroatoms. The van der Waals surface area contributed by atoms with Crippen LogP contribution in [0.5, 0.6) is 0 Å². The van der Waals surface area contributed by atoms with Gasteiger partial charge in [-0.1, -0.05) is 66.7 Å². The van der Waals surface area contributed by atoms with E-state index in [1.807, 2.05) is 54.6 Å². The van der Waals surface area contributed by atoms with Crippen LogP contribution in [-0.4, -0.2) is 60.2 Å². The Kier molecular flexibility index (Phi) is 14.0. The van der Waals surface area contributed by atoms with Crippen molar-refractivity contribution < 1.29 is 51.7 Å². The van der Waals surface area contributed by atoms with E-state index in [1.165, 1.54) is 12.1 Å². The molecule has 4 aromatic carbocycles. The largest absolute Gasteiger partial charge is 2.00 e. The average molecular weight is 713 g/mol. The van der Waals surface area contributed by atoms with Crippen molar-refractivity contribution >= 4 is 46.3 Å². The van der Waals surface area contributed by atoms with E-state index in [2.05, 4.69) is 38.1 Å². The van der Waals surface area contributed by atoms with Gasteiger partial charge in [-0.15, -0.1) is 0 Å². The standard InChI is InChI=1S/C24H21N7.C7H6O2.CH4O.BF4.Zn/c1-2-8-17-16(7-1)25-22(26-17)13-31(14-23-27-18-9-3-4-10-19(18)28-23)15-24-29-20-11-5-6-12-21(20)30-24;8-7(9)6-4-2-1-3-5-6;1-2;2-1(3,4)5;/h1-12H,13-15H2,(H,25,26)(H,27,28)(H,29,30);1-5H,(H,8,9);2H,1H3;;/q;;;-1;+2/p-1. The van der Waals surface area contributed by atoms with Crippen LogP contribution in [0.15, 0.2) is 103 Å². The number of fused-ring (bicyclic) bond motifs is 3. The molecule has 7 rings (SSSR count). The van der Waals surface area contributed by atoms with E-state index < -0.39 is 13.2 Å². The molecule has 0 bridgehead atoms. The van der Waals surface area contributed by atoms with E-state index in [9.17, 15) is 27.2 Å². The summed E-state index contributed by atoms with van der Waals surface area (Å²) in [6.07, 6.45) is 0. The second kappa shape index (κ2) is 17.9. The summed E-state index contributed by atoms with van der Waals surface area (Å²) in [7, 11) is -5.00. The van der Waals surface area contributed by atoms with Gasteiger partial charge in [-0.2, -0.15) is 0 Å². The minimum atomic E-state index is -6.00. The molecule has 7 aromatic rings. The van der Waals surface area contributed by atoms with Crippen LogP contribution in [-0.2, 0) is 39.1 Å². The number of aromatic nitrogens is 6. The van der Waals surface area contributed by atoms with Crippen molar-refractivity contribution in [3.8, 4) is 0 Å². The predicted molar refractivity (Wildman–Crippen MR) is 170 cm³/mol. The molecule has 0 spiro atoms. The van der Waals surface area contributed by atoms with Crippen LogP contribution >= 0.6 is 0 Å². The number of aromatic carboxylic acids is 1. The van der Waals surface area contributed by atoms with Crippen molar-refractivity contribution in [3.05, 3.63) is 126 Å². The molecule has 48 heavy (non-hydrogen) atoms. The molecule has 4 N–H and O–H groups in total. The maximum Gasteiger partial charge on any atom is 2.00 e. The van der Waals surface area contributed by atoms with Gasteiger partial charge in [0.05, 0.1) is 58.7 Å². The molecular weight excluding hydrogens is 683 g/mol. The third-order valence-electron chi connectivity index (χ3n) is 6.44. The van der Waals surface area contributed by atoms with E-state index in [4.69, 9.17) is 20.1 Å². The van der Waals surface area contributed by atoms with E-state index in [1.54, 1.807) is 18.2 Å². The number of carbonyl (C=O) groups is 1. The Morgan fingerprint density at radius 2 is 0.917 bits per heavy atom. The van der Waals surface area contributed by atoms with Gasteiger partial charge in [0.25, 0.3) is 0 Å². The van der Waals surface area contributed by atoms with Crippen molar-refractivity contribution in [2.24, 2.45) is 0 Å². The third kappa shape index (κ3) is 11.4. The number of carboxylic acid groups (broad SMARTS) is 1. The molecule has 0 fully saturated rings. The number of aliphatic hydroxyl groups is 1. The number of H-pyrrole nitrogens is 3. The Hall–Kier alpha value is -4.91. The summed E-state index contributed by atoms with van der Waals surface area (Å²) < 4.78 is 39.0. The fraction of sp³-hybridized carbons (Fsp3) is 0.125. The van der Waals surface area contributed by atoms with Crippen LogP contribution in [0.1, 0.15) is 27.8 Å². The monoisotopic (exact) mass is 711 g/mol. The van der Waals surface area contributed by atoms with Gasteiger partial charge < -0.3 is 47.2 Å². The number of hydrogen-bond donors (Lipinski definition) is 4. The Bertz CT molecular complexity index is 1730. The van der Waals surface area contributed by atoms with Crippen LogP contribution in [0.4, 0.5) is 17.3 Å². The number of benzene rings is 4. The number of carbonyl (C=O) groups excluding carboxylic acids is 1. The first-order valence-electron chi connectivity index (χ1n) is 14.2. The van der Waals surface area contributed by atoms with Crippen LogP contribution in [0.25, 0.3) is 33.1 Å². The second-order valence-electron chi connectivity index (χ2n) is 9.90. The molecular formula is C32H30BF4N7O3Zn. The van der Waals surface area contributed by atoms with E-state index in [0.717, 1.165) is 57.7 Å². The zero-order valence-corrected chi connectivity index (χ0v) is 28.8. The maximum absolute atomic E-state index is 10.1. The Balaban J connectivity index is 0.000000308. The van der Waals surface area contributed by atoms with Crippen molar-refractivity contribution in [2.45, 2.75) is 19.6 Å². The Morgan fingerprint density at radius 1 is 0.625 bits per heavy atom. The summed E-state index contributed by atoms with van der Waals surface area (Å²) in [5, 5.41) is 17.1. The molecule has 0 saturated heterocycles. The molecule has 3 heterocycles. The molecule has 10 nitrogen and oxygen atoms in total. The molecule has 0 aliphatic heterocycles. The normalized spacial score (nSPS) is 10.7. The van der Waals surface area contributed by atoms with Crippen LogP contribution in [0.2, 0.25) is 0 Å². The first kappa shape index (κ1) is 37.5. The number of halogens is 4. The molecule has 0 saturated carbocycles. The quantitative estimate of drug-likeness (QED) is 0.126. The summed E-state index contributed by atoms with van der Waals surface area (Å²) in [5.41, 5.74) is 6.29. The Labute approximate surface area is 285 Å². The maximum atomic E-state index is 10.1. The average Bonchev–Trinajstić information content (AvgIpc) is 3.77. The van der Waals surface area contributed by atoms with Gasteiger partial charge >= 0.3 is 26.7 Å². The molecule has 0 unspecified atom stereocenters. The second-order valence-corrected chi connectivity index (χ2v) is 9.90. The number of nitrogens with zero attached hydrogens (tertiary/aromatic N) is 4. The van der Waals surface area contributed by atoms with E-state index in [-0.39, 0.29) is 25.0 Å².